The maximum Gasteiger partial charge on any atom is 0.418 e. The molecule has 1 fully saturated rings. The van der Waals surface area contributed by atoms with Crippen LogP contribution in [-0.4, -0.2) is 53.5 Å². The zero-order valence-corrected chi connectivity index (χ0v) is 15.5. The lowest BCUT2D eigenvalue weighted by molar-refractivity contribution is -0.137. The molecular weight excluding hydrogens is 383 g/mol. The number of H-pyrrole nitrogens is 1. The van der Waals surface area contributed by atoms with E-state index in [0.717, 1.165) is 23.0 Å². The number of piperazine rings is 1. The van der Waals surface area contributed by atoms with Gasteiger partial charge in [-0.25, -0.2) is 4.98 Å². The number of rotatable bonds is 4. The Morgan fingerprint density at radius 2 is 1.72 bits per heavy atom. The van der Waals surface area contributed by atoms with Gasteiger partial charge in [0.2, 0.25) is 11.9 Å². The number of carbonyl (C=O) groups excluding carboxylic acids is 1. The predicted molar refractivity (Wildman–Crippen MR) is 105 cm³/mol. The summed E-state index contributed by atoms with van der Waals surface area (Å²) in [6, 6.07) is 12.8. The molecule has 4 rings (SSSR count). The third-order valence-corrected chi connectivity index (χ3v) is 4.92. The number of para-hydroxylation sites is 3. The molecule has 0 spiro atoms. The quantitative estimate of drug-likeness (QED) is 0.701. The third-order valence-electron chi connectivity index (χ3n) is 4.92. The predicted octanol–water partition coefficient (Wildman–Crippen LogP) is 3.34. The number of alkyl halides is 3. The van der Waals surface area contributed by atoms with Crippen LogP contribution in [0.2, 0.25) is 0 Å². The topological polar surface area (TPSA) is 64.3 Å². The van der Waals surface area contributed by atoms with Gasteiger partial charge in [-0.2, -0.15) is 13.2 Å². The smallest absolute Gasteiger partial charge is 0.340 e. The zero-order chi connectivity index (χ0) is 20.4. The molecule has 0 aliphatic carbocycles. The molecule has 1 aliphatic rings. The van der Waals surface area contributed by atoms with Gasteiger partial charge in [-0.05, 0) is 24.3 Å². The van der Waals surface area contributed by atoms with E-state index >= 15 is 0 Å². The molecule has 0 saturated carbocycles. The van der Waals surface area contributed by atoms with E-state index in [0.29, 0.717) is 26.2 Å². The molecule has 1 aromatic heterocycles. The minimum atomic E-state index is -4.51. The first-order valence-electron chi connectivity index (χ1n) is 9.28. The van der Waals surface area contributed by atoms with E-state index in [4.69, 9.17) is 0 Å². The van der Waals surface area contributed by atoms with E-state index in [1.165, 1.54) is 18.2 Å². The second kappa shape index (κ2) is 7.75. The van der Waals surface area contributed by atoms with Gasteiger partial charge in [0.15, 0.2) is 0 Å². The van der Waals surface area contributed by atoms with Gasteiger partial charge in [0.25, 0.3) is 0 Å². The monoisotopic (exact) mass is 403 g/mol. The van der Waals surface area contributed by atoms with Crippen LogP contribution in [0, 0.1) is 0 Å². The van der Waals surface area contributed by atoms with Gasteiger partial charge in [0.1, 0.15) is 0 Å². The van der Waals surface area contributed by atoms with Gasteiger partial charge in [-0.1, -0.05) is 24.3 Å². The summed E-state index contributed by atoms with van der Waals surface area (Å²) in [5, 5.41) is 2.39. The van der Waals surface area contributed by atoms with Gasteiger partial charge in [0.05, 0.1) is 28.8 Å². The standard InChI is InChI=1S/C20H20F3N5O/c21-20(22,23)14-5-1-2-6-15(14)24-18(29)13-27-9-11-28(12-10-27)19-25-16-7-3-4-8-17(16)26-19/h1-8H,9-13H2,(H,24,29)(H,25,26). The molecule has 29 heavy (non-hydrogen) atoms. The number of fused-ring (bicyclic) bond motifs is 1. The molecule has 0 unspecified atom stereocenters. The van der Waals surface area contributed by atoms with Crippen molar-refractivity contribution < 1.29 is 18.0 Å². The van der Waals surface area contributed by atoms with Crippen molar-refractivity contribution in [3.05, 3.63) is 54.1 Å². The van der Waals surface area contributed by atoms with Crippen molar-refractivity contribution in [3.63, 3.8) is 0 Å². The van der Waals surface area contributed by atoms with Crippen LogP contribution in [-0.2, 0) is 11.0 Å². The Morgan fingerprint density at radius 1 is 1.03 bits per heavy atom. The lowest BCUT2D eigenvalue weighted by Crippen LogP contribution is -2.49. The average molecular weight is 403 g/mol. The first kappa shape index (κ1) is 19.3. The van der Waals surface area contributed by atoms with Crippen molar-refractivity contribution in [1.29, 1.82) is 0 Å². The number of carbonyl (C=O) groups is 1. The zero-order valence-electron chi connectivity index (χ0n) is 15.5. The molecule has 0 bridgehead atoms. The molecule has 9 heteroatoms. The fourth-order valence-electron chi connectivity index (χ4n) is 3.44. The molecule has 0 radical (unpaired) electrons. The van der Waals surface area contributed by atoms with Crippen LogP contribution in [0.5, 0.6) is 0 Å². The van der Waals surface area contributed by atoms with E-state index in [1.807, 2.05) is 29.2 Å². The highest BCUT2D eigenvalue weighted by atomic mass is 19.4. The summed E-state index contributed by atoms with van der Waals surface area (Å²) >= 11 is 0. The Morgan fingerprint density at radius 3 is 2.45 bits per heavy atom. The molecule has 152 valence electrons. The van der Waals surface area contributed by atoms with E-state index in [2.05, 4.69) is 20.2 Å². The number of hydrogen-bond donors (Lipinski definition) is 2. The third kappa shape index (κ3) is 4.34. The summed E-state index contributed by atoms with van der Waals surface area (Å²) in [6.45, 7) is 2.62. The Labute approximate surface area is 165 Å². The summed E-state index contributed by atoms with van der Waals surface area (Å²) in [5.41, 5.74) is 0.800. The number of amides is 1. The molecule has 1 amide bonds. The van der Waals surface area contributed by atoms with Crippen LogP contribution in [0.4, 0.5) is 24.8 Å². The SMILES string of the molecule is O=C(CN1CCN(c2nc3ccccc3[nH]2)CC1)Nc1ccccc1C(F)(F)F. The fourth-order valence-corrected chi connectivity index (χ4v) is 3.44. The summed E-state index contributed by atoms with van der Waals surface area (Å²) < 4.78 is 39.2. The van der Waals surface area contributed by atoms with Crippen LogP contribution in [0.1, 0.15) is 5.56 Å². The Bertz CT molecular complexity index is 976. The molecular formula is C20H20F3N5O. The Balaban J connectivity index is 1.33. The summed E-state index contributed by atoms with van der Waals surface area (Å²) in [5.74, 6) is 0.327. The minimum Gasteiger partial charge on any atom is -0.340 e. The van der Waals surface area contributed by atoms with E-state index in [-0.39, 0.29) is 12.2 Å². The van der Waals surface area contributed by atoms with Crippen molar-refractivity contribution in [2.75, 3.05) is 42.9 Å². The van der Waals surface area contributed by atoms with Gasteiger partial charge in [-0.15, -0.1) is 0 Å². The van der Waals surface area contributed by atoms with Gasteiger partial charge in [-0.3, -0.25) is 9.69 Å². The molecule has 2 heterocycles. The summed E-state index contributed by atoms with van der Waals surface area (Å²) in [7, 11) is 0. The van der Waals surface area contributed by atoms with Crippen LogP contribution in [0.15, 0.2) is 48.5 Å². The van der Waals surface area contributed by atoms with E-state index in [1.54, 1.807) is 0 Å². The second-order valence-electron chi connectivity index (χ2n) is 6.93. The number of imidazole rings is 1. The maximum atomic E-state index is 13.1. The molecule has 6 nitrogen and oxygen atoms in total. The summed E-state index contributed by atoms with van der Waals surface area (Å²) in [4.78, 5) is 24.2. The molecule has 3 aromatic rings. The van der Waals surface area contributed by atoms with Crippen LogP contribution < -0.4 is 10.2 Å². The highest BCUT2D eigenvalue weighted by Gasteiger charge is 2.33. The first-order chi connectivity index (χ1) is 13.9. The molecule has 1 aliphatic heterocycles. The molecule has 0 atom stereocenters. The lowest BCUT2D eigenvalue weighted by atomic mass is 10.1. The number of nitrogens with one attached hydrogen (secondary N) is 2. The largest absolute Gasteiger partial charge is 0.418 e. The highest BCUT2D eigenvalue weighted by molar-refractivity contribution is 5.93. The van der Waals surface area contributed by atoms with Gasteiger partial charge < -0.3 is 15.2 Å². The van der Waals surface area contributed by atoms with Gasteiger partial charge >= 0.3 is 6.18 Å². The van der Waals surface area contributed by atoms with E-state index < -0.39 is 17.6 Å². The number of aromatic nitrogens is 2. The number of aromatic amines is 1. The number of hydrogen-bond acceptors (Lipinski definition) is 4. The number of nitrogens with zero attached hydrogens (tertiary/aromatic N) is 3. The van der Waals surface area contributed by atoms with Gasteiger partial charge in [0, 0.05) is 26.2 Å². The fraction of sp³-hybridized carbons (Fsp3) is 0.300. The maximum absolute atomic E-state index is 13.1. The van der Waals surface area contributed by atoms with E-state index in [9.17, 15) is 18.0 Å². The van der Waals surface area contributed by atoms with Crippen molar-refractivity contribution in [2.45, 2.75) is 6.18 Å². The first-order valence-corrected chi connectivity index (χ1v) is 9.28. The number of anilines is 2. The van der Waals surface area contributed by atoms with Crippen molar-refractivity contribution in [3.8, 4) is 0 Å². The minimum absolute atomic E-state index is 0.0418. The lowest BCUT2D eigenvalue weighted by Gasteiger charge is -2.34. The average Bonchev–Trinajstić information content (AvgIpc) is 3.12. The van der Waals surface area contributed by atoms with Crippen LogP contribution >= 0.6 is 0 Å². The highest BCUT2D eigenvalue weighted by Crippen LogP contribution is 2.34. The molecule has 1 saturated heterocycles. The van der Waals surface area contributed by atoms with Crippen molar-refractivity contribution in [2.24, 2.45) is 0 Å². The Kier molecular flexibility index (Phi) is 5.14. The van der Waals surface area contributed by atoms with Crippen molar-refractivity contribution in [1.82, 2.24) is 14.9 Å². The van der Waals surface area contributed by atoms with Crippen LogP contribution in [0.3, 0.4) is 0 Å². The molecule has 2 aromatic carbocycles. The second-order valence-corrected chi connectivity index (χ2v) is 6.93. The van der Waals surface area contributed by atoms with Crippen LogP contribution in [0.25, 0.3) is 11.0 Å². The molecule has 2 N–H and O–H groups in total. The Hall–Kier alpha value is -3.07. The van der Waals surface area contributed by atoms with Crippen molar-refractivity contribution >= 4 is 28.6 Å². The summed E-state index contributed by atoms with van der Waals surface area (Å²) in [6.07, 6.45) is -4.51. The number of benzene rings is 2. The number of halogens is 3. The normalized spacial score (nSPS) is 15.6.